The van der Waals surface area contributed by atoms with Gasteiger partial charge in [0.25, 0.3) is 5.91 Å². The van der Waals surface area contributed by atoms with Crippen LogP contribution in [-0.2, 0) is 24.0 Å². The Morgan fingerprint density at radius 2 is 1.43 bits per heavy atom. The van der Waals surface area contributed by atoms with Crippen molar-refractivity contribution in [2.75, 3.05) is 26.0 Å². The van der Waals surface area contributed by atoms with Gasteiger partial charge in [-0.15, -0.1) is 0 Å². The van der Waals surface area contributed by atoms with Gasteiger partial charge in [0.15, 0.2) is 0 Å². The molecule has 250 valence electrons. The molecule has 1 aromatic heterocycles. The van der Waals surface area contributed by atoms with E-state index in [0.29, 0.717) is 36.2 Å². The first-order valence-corrected chi connectivity index (χ1v) is 14.5. The van der Waals surface area contributed by atoms with E-state index >= 15 is 0 Å². The van der Waals surface area contributed by atoms with Crippen molar-refractivity contribution < 1.29 is 33.9 Å². The minimum absolute atomic E-state index is 0.0312. The molecule has 0 aliphatic rings. The highest BCUT2D eigenvalue weighted by molar-refractivity contribution is 6.06. The van der Waals surface area contributed by atoms with Gasteiger partial charge in [-0.05, 0) is 51.9 Å². The number of aromatic nitrogens is 1. The van der Waals surface area contributed by atoms with Crippen molar-refractivity contribution in [3.8, 4) is 16.9 Å². The summed E-state index contributed by atoms with van der Waals surface area (Å²) in [7, 11) is 3.25. The average molecular weight is 639 g/mol. The van der Waals surface area contributed by atoms with Crippen LogP contribution in [0.3, 0.4) is 0 Å². The van der Waals surface area contributed by atoms with Crippen LogP contribution < -0.4 is 27.4 Å². The van der Waals surface area contributed by atoms with Crippen molar-refractivity contribution in [3.63, 3.8) is 0 Å². The monoisotopic (exact) mass is 638 g/mol. The molecule has 2 atom stereocenters. The summed E-state index contributed by atoms with van der Waals surface area (Å²) in [5.41, 5.74) is 14.1. The standard InChI is InChI=1S/C24H25N3O4.C7H14N2O2.CH5N.CH2O/c1-16-21(24(31)26-18(15-28)13-14-20(29)30)22(25-2)23(17-9-5-3-6-10-17)27(16)19-11-7-4-8-12-19;1-6(11)9-7(5-10)3-2-4-8;2*1-2/h3-12,15,18,25H,13-14H2,1-2H3,(H,26,31)(H,29,30);5,7H,2-4,8H2,1H3,(H,9,11);2H2,1H3;1H2. The summed E-state index contributed by atoms with van der Waals surface area (Å²) < 4.78 is 2.00. The molecule has 0 saturated heterocycles. The Morgan fingerprint density at radius 3 is 1.89 bits per heavy atom. The summed E-state index contributed by atoms with van der Waals surface area (Å²) in [5, 5.41) is 17.2. The zero-order valence-corrected chi connectivity index (χ0v) is 26.8. The van der Waals surface area contributed by atoms with E-state index in [9.17, 15) is 24.0 Å². The largest absolute Gasteiger partial charge is 0.481 e. The molecule has 0 saturated carbocycles. The Balaban J connectivity index is 0.00000114. The van der Waals surface area contributed by atoms with E-state index in [1.54, 1.807) is 7.05 Å². The lowest BCUT2D eigenvalue weighted by Crippen LogP contribution is -2.36. The maximum atomic E-state index is 13.2. The molecule has 8 N–H and O–H groups in total. The summed E-state index contributed by atoms with van der Waals surface area (Å²) in [5.74, 6) is -1.63. The smallest absolute Gasteiger partial charge is 0.303 e. The Hall–Kier alpha value is -5.14. The molecule has 2 aromatic carbocycles. The number of benzene rings is 2. The van der Waals surface area contributed by atoms with Gasteiger partial charge in [-0.2, -0.15) is 0 Å². The zero-order chi connectivity index (χ0) is 35.1. The SMILES string of the molecule is C=O.CC(=O)NC(C=O)CCCN.CN.CNc1c(C(=O)NC(C=O)CCC(=O)O)c(C)n(-c2ccccc2)c1-c1ccccc1. The number of carboxylic acids is 1. The lowest BCUT2D eigenvalue weighted by Gasteiger charge is -2.13. The Kier molecular flexibility index (Phi) is 20.7. The highest BCUT2D eigenvalue weighted by Crippen LogP contribution is 2.38. The molecule has 13 heteroatoms. The van der Waals surface area contributed by atoms with E-state index in [1.807, 2.05) is 78.9 Å². The lowest BCUT2D eigenvalue weighted by atomic mass is 10.1. The molecule has 13 nitrogen and oxygen atoms in total. The molecule has 3 aromatic rings. The first-order chi connectivity index (χ1) is 22.2. The third-order valence-corrected chi connectivity index (χ3v) is 6.37. The van der Waals surface area contributed by atoms with Crippen LogP contribution in [0.15, 0.2) is 60.7 Å². The first kappa shape index (κ1) is 40.9. The van der Waals surface area contributed by atoms with Gasteiger partial charge in [0.05, 0.1) is 29.0 Å². The number of carbonyl (C=O) groups is 6. The minimum Gasteiger partial charge on any atom is -0.481 e. The number of carbonyl (C=O) groups excluding carboxylic acids is 5. The predicted octanol–water partition coefficient (Wildman–Crippen LogP) is 2.48. The molecule has 0 bridgehead atoms. The van der Waals surface area contributed by atoms with Crippen molar-refractivity contribution >= 4 is 42.8 Å². The van der Waals surface area contributed by atoms with Crippen LogP contribution in [0.5, 0.6) is 0 Å². The van der Waals surface area contributed by atoms with Gasteiger partial charge in [0.1, 0.15) is 19.4 Å². The lowest BCUT2D eigenvalue weighted by molar-refractivity contribution is -0.137. The number of aldehydes is 2. The summed E-state index contributed by atoms with van der Waals surface area (Å²) >= 11 is 0. The topological polar surface area (TPSA) is 216 Å². The fraction of sp³-hybridized carbons (Fsp3) is 0.333. The van der Waals surface area contributed by atoms with E-state index in [2.05, 4.69) is 21.7 Å². The molecule has 0 radical (unpaired) electrons. The molecule has 0 aliphatic carbocycles. The van der Waals surface area contributed by atoms with Gasteiger partial charge in [0, 0.05) is 37.3 Å². The molecular formula is C33H46N6O7. The predicted molar refractivity (Wildman–Crippen MR) is 179 cm³/mol. The van der Waals surface area contributed by atoms with Gasteiger partial charge >= 0.3 is 5.97 Å². The first-order valence-electron chi connectivity index (χ1n) is 14.5. The number of nitrogens with two attached hydrogens (primary N) is 2. The van der Waals surface area contributed by atoms with Crippen molar-refractivity contribution in [3.05, 3.63) is 71.9 Å². The Labute approximate surface area is 269 Å². The third kappa shape index (κ3) is 12.8. The Bertz CT molecular complexity index is 1360. The van der Waals surface area contributed by atoms with Crippen LogP contribution in [0.1, 0.15) is 48.7 Å². The second-order valence-electron chi connectivity index (χ2n) is 9.49. The van der Waals surface area contributed by atoms with E-state index < -0.39 is 17.9 Å². The minimum atomic E-state index is -1.02. The average Bonchev–Trinajstić information content (AvgIpc) is 3.39. The maximum Gasteiger partial charge on any atom is 0.303 e. The maximum absolute atomic E-state index is 13.2. The number of hydrogen-bond acceptors (Lipinski definition) is 9. The van der Waals surface area contributed by atoms with Crippen LogP contribution in [0.4, 0.5) is 5.69 Å². The van der Waals surface area contributed by atoms with Gasteiger partial charge < -0.3 is 51.5 Å². The van der Waals surface area contributed by atoms with Crippen molar-refractivity contribution in [2.45, 2.75) is 51.6 Å². The van der Waals surface area contributed by atoms with Crippen LogP contribution in [0, 0.1) is 6.92 Å². The summed E-state index contributed by atoms with van der Waals surface area (Å²) in [6.07, 6.45) is 2.51. The quantitative estimate of drug-likeness (QED) is 0.142. The van der Waals surface area contributed by atoms with Crippen LogP contribution >= 0.6 is 0 Å². The second kappa shape index (κ2) is 23.3. The van der Waals surface area contributed by atoms with Crippen LogP contribution in [0.25, 0.3) is 16.9 Å². The van der Waals surface area contributed by atoms with Crippen LogP contribution in [-0.4, -0.2) is 79.5 Å². The van der Waals surface area contributed by atoms with E-state index in [4.69, 9.17) is 15.6 Å². The van der Waals surface area contributed by atoms with E-state index in [-0.39, 0.29) is 24.8 Å². The van der Waals surface area contributed by atoms with Gasteiger partial charge in [-0.25, -0.2) is 0 Å². The summed E-state index contributed by atoms with van der Waals surface area (Å²) in [6, 6.07) is 18.2. The van der Waals surface area contributed by atoms with Gasteiger partial charge in [-0.3, -0.25) is 14.4 Å². The number of para-hydroxylation sites is 1. The molecule has 0 fully saturated rings. The number of carboxylic acid groups (broad SMARTS) is 1. The fourth-order valence-corrected chi connectivity index (χ4v) is 4.45. The molecule has 2 amide bonds. The molecule has 0 aliphatic heterocycles. The number of rotatable bonds is 14. The summed E-state index contributed by atoms with van der Waals surface area (Å²) in [4.78, 5) is 64.2. The van der Waals surface area contributed by atoms with Crippen LogP contribution in [0.2, 0.25) is 0 Å². The molecule has 2 unspecified atom stereocenters. The number of amides is 2. The van der Waals surface area contributed by atoms with Crippen molar-refractivity contribution in [2.24, 2.45) is 11.5 Å². The third-order valence-electron chi connectivity index (χ3n) is 6.37. The highest BCUT2D eigenvalue weighted by atomic mass is 16.4. The second-order valence-corrected chi connectivity index (χ2v) is 9.49. The number of nitrogens with one attached hydrogen (secondary N) is 3. The molecular weight excluding hydrogens is 592 g/mol. The molecule has 46 heavy (non-hydrogen) atoms. The van der Waals surface area contributed by atoms with Crippen molar-refractivity contribution in [1.82, 2.24) is 15.2 Å². The zero-order valence-electron chi connectivity index (χ0n) is 26.8. The van der Waals surface area contributed by atoms with Gasteiger partial charge in [0.2, 0.25) is 5.91 Å². The molecule has 0 spiro atoms. The van der Waals surface area contributed by atoms with Crippen molar-refractivity contribution in [1.29, 1.82) is 0 Å². The summed E-state index contributed by atoms with van der Waals surface area (Å²) in [6.45, 7) is 5.78. The molecule has 3 rings (SSSR count). The highest BCUT2D eigenvalue weighted by Gasteiger charge is 2.27. The van der Waals surface area contributed by atoms with Gasteiger partial charge in [-0.1, -0.05) is 48.5 Å². The fourth-order valence-electron chi connectivity index (χ4n) is 4.45. The van der Waals surface area contributed by atoms with E-state index in [1.165, 1.54) is 14.0 Å². The number of aliphatic carboxylic acids is 1. The number of anilines is 1. The Morgan fingerprint density at radius 1 is 0.913 bits per heavy atom. The normalized spacial score (nSPS) is 10.9. The number of hydrogen-bond donors (Lipinski definition) is 6. The van der Waals surface area contributed by atoms with E-state index in [0.717, 1.165) is 29.7 Å². The molecule has 1 heterocycles. The number of nitrogens with zero attached hydrogens (tertiary/aromatic N) is 1.